The quantitative estimate of drug-likeness (QED) is 0.494. The van der Waals surface area contributed by atoms with Crippen LogP contribution in [0.5, 0.6) is 5.75 Å². The van der Waals surface area contributed by atoms with Crippen molar-refractivity contribution in [2.75, 3.05) is 38.5 Å². The molecule has 1 aromatic rings. The molecule has 1 aliphatic rings. The molecule has 1 aromatic heterocycles. The molecule has 1 saturated heterocycles. The third kappa shape index (κ3) is 5.40. The van der Waals surface area contributed by atoms with Crippen molar-refractivity contribution >= 4 is 17.7 Å². The summed E-state index contributed by atoms with van der Waals surface area (Å²) >= 11 is 2.07. The topological polar surface area (TPSA) is 49.8 Å². The second-order valence-corrected chi connectivity index (χ2v) is 6.53. The number of ether oxygens (including phenoxy) is 1. The van der Waals surface area contributed by atoms with Crippen molar-refractivity contribution in [2.24, 2.45) is 4.99 Å². The molecule has 0 spiro atoms. The van der Waals surface area contributed by atoms with E-state index in [2.05, 4.69) is 40.8 Å². The third-order valence-corrected chi connectivity index (χ3v) is 4.86. The predicted molar refractivity (Wildman–Crippen MR) is 93.8 cm³/mol. The molecule has 6 heteroatoms. The van der Waals surface area contributed by atoms with Crippen LogP contribution in [0.2, 0.25) is 0 Å². The van der Waals surface area contributed by atoms with E-state index in [-0.39, 0.29) is 0 Å². The second-order valence-electron chi connectivity index (χ2n) is 5.12. The summed E-state index contributed by atoms with van der Waals surface area (Å²) in [6.07, 6.45) is 4.68. The largest absolute Gasteiger partial charge is 0.490 e. The van der Waals surface area contributed by atoms with Crippen molar-refractivity contribution in [1.82, 2.24) is 15.2 Å². The van der Waals surface area contributed by atoms with Crippen LogP contribution in [0.15, 0.2) is 29.5 Å². The number of rotatable bonds is 6. The fourth-order valence-corrected chi connectivity index (χ4v) is 3.51. The molecule has 5 nitrogen and oxygen atoms in total. The molecule has 122 valence electrons. The first kappa shape index (κ1) is 16.9. The van der Waals surface area contributed by atoms with Crippen LogP contribution >= 0.6 is 11.8 Å². The Balaban J connectivity index is 1.84. The highest BCUT2D eigenvalue weighted by molar-refractivity contribution is 8.00. The van der Waals surface area contributed by atoms with Crippen molar-refractivity contribution in [3.63, 3.8) is 0 Å². The molecule has 0 aromatic carbocycles. The predicted octanol–water partition coefficient (Wildman–Crippen LogP) is 2.25. The first-order chi connectivity index (χ1) is 10.8. The molecule has 0 amide bonds. The number of aliphatic imine (C=N–C) groups is 1. The number of hydrogen-bond donors (Lipinski definition) is 1. The molecule has 0 aliphatic carbocycles. The number of guanidine groups is 1. The van der Waals surface area contributed by atoms with Crippen LogP contribution in [-0.2, 0) is 0 Å². The molecule has 2 heterocycles. The van der Waals surface area contributed by atoms with Crippen molar-refractivity contribution < 1.29 is 4.74 Å². The second kappa shape index (κ2) is 9.56. The van der Waals surface area contributed by atoms with Gasteiger partial charge in [0.05, 0.1) is 12.7 Å². The van der Waals surface area contributed by atoms with Gasteiger partial charge in [-0.15, -0.1) is 0 Å². The lowest BCUT2D eigenvalue weighted by molar-refractivity contribution is 0.325. The summed E-state index contributed by atoms with van der Waals surface area (Å²) in [5, 5.41) is 4.11. The van der Waals surface area contributed by atoms with Crippen LogP contribution in [0.25, 0.3) is 0 Å². The first-order valence-electron chi connectivity index (χ1n) is 8.01. The van der Waals surface area contributed by atoms with Crippen LogP contribution in [-0.4, -0.2) is 59.6 Å². The van der Waals surface area contributed by atoms with E-state index in [9.17, 15) is 0 Å². The minimum atomic E-state index is 0.570. The molecular formula is C16H26N4OS. The zero-order valence-electron chi connectivity index (χ0n) is 13.5. The molecule has 1 atom stereocenters. The lowest BCUT2D eigenvalue weighted by atomic mass is 10.3. The number of pyridine rings is 1. The van der Waals surface area contributed by atoms with Crippen molar-refractivity contribution in [1.29, 1.82) is 0 Å². The van der Waals surface area contributed by atoms with Crippen LogP contribution in [0.4, 0.5) is 0 Å². The molecule has 0 radical (unpaired) electrons. The standard InChI is InChI=1S/C16H26N4OS/c1-3-15-13-20(9-11-22-15)16(18-4-2)19-8-10-21-14-6-5-7-17-12-14/h5-7,12,15H,3-4,8-11,13H2,1-2H3,(H,18,19). The van der Waals surface area contributed by atoms with Gasteiger partial charge in [0.25, 0.3) is 0 Å². The highest BCUT2D eigenvalue weighted by Crippen LogP contribution is 2.21. The van der Waals surface area contributed by atoms with E-state index >= 15 is 0 Å². The summed E-state index contributed by atoms with van der Waals surface area (Å²) in [6, 6.07) is 3.79. The van der Waals surface area contributed by atoms with Crippen LogP contribution in [0.3, 0.4) is 0 Å². The average molecular weight is 322 g/mol. The number of thioether (sulfide) groups is 1. The van der Waals surface area contributed by atoms with Gasteiger partial charge < -0.3 is 15.0 Å². The minimum absolute atomic E-state index is 0.570. The average Bonchev–Trinajstić information content (AvgIpc) is 2.58. The van der Waals surface area contributed by atoms with Gasteiger partial charge in [-0.1, -0.05) is 6.92 Å². The minimum Gasteiger partial charge on any atom is -0.490 e. The molecular weight excluding hydrogens is 296 g/mol. The fraction of sp³-hybridized carbons (Fsp3) is 0.625. The summed E-state index contributed by atoms with van der Waals surface area (Å²) in [5.41, 5.74) is 0. The highest BCUT2D eigenvalue weighted by atomic mass is 32.2. The monoisotopic (exact) mass is 322 g/mol. The molecule has 1 unspecified atom stereocenters. The Hall–Kier alpha value is -1.43. The SMILES string of the molecule is CCNC(=NCCOc1cccnc1)N1CCSC(CC)C1. The van der Waals surface area contributed by atoms with E-state index in [1.54, 1.807) is 12.4 Å². The molecule has 1 aliphatic heterocycles. The van der Waals surface area contributed by atoms with Gasteiger partial charge in [-0.2, -0.15) is 11.8 Å². The smallest absolute Gasteiger partial charge is 0.194 e. The van der Waals surface area contributed by atoms with Crippen molar-refractivity contribution in [3.8, 4) is 5.75 Å². The zero-order chi connectivity index (χ0) is 15.6. The Morgan fingerprint density at radius 3 is 3.18 bits per heavy atom. The molecule has 2 rings (SSSR count). The van der Waals surface area contributed by atoms with Crippen molar-refractivity contribution in [3.05, 3.63) is 24.5 Å². The Morgan fingerprint density at radius 2 is 2.45 bits per heavy atom. The molecule has 0 bridgehead atoms. The summed E-state index contributed by atoms with van der Waals surface area (Å²) in [6.45, 7) is 8.62. The van der Waals surface area contributed by atoms with Gasteiger partial charge in [0.15, 0.2) is 5.96 Å². The molecule has 22 heavy (non-hydrogen) atoms. The lowest BCUT2D eigenvalue weighted by Crippen LogP contribution is -2.48. The highest BCUT2D eigenvalue weighted by Gasteiger charge is 2.21. The molecule has 1 N–H and O–H groups in total. The maximum atomic E-state index is 5.64. The van der Waals surface area contributed by atoms with Gasteiger partial charge in [-0.25, -0.2) is 4.99 Å². The van der Waals surface area contributed by atoms with Crippen LogP contribution in [0, 0.1) is 0 Å². The van der Waals surface area contributed by atoms with E-state index in [4.69, 9.17) is 9.73 Å². The van der Waals surface area contributed by atoms with Gasteiger partial charge >= 0.3 is 0 Å². The van der Waals surface area contributed by atoms with E-state index in [0.29, 0.717) is 18.4 Å². The lowest BCUT2D eigenvalue weighted by Gasteiger charge is -2.34. The Morgan fingerprint density at radius 1 is 1.55 bits per heavy atom. The summed E-state index contributed by atoms with van der Waals surface area (Å²) in [7, 11) is 0. The van der Waals surface area contributed by atoms with Gasteiger partial charge in [0.2, 0.25) is 0 Å². The van der Waals surface area contributed by atoms with Crippen molar-refractivity contribution in [2.45, 2.75) is 25.5 Å². The maximum Gasteiger partial charge on any atom is 0.194 e. The van der Waals surface area contributed by atoms with Gasteiger partial charge in [-0.05, 0) is 25.5 Å². The van der Waals surface area contributed by atoms with E-state index in [1.165, 1.54) is 12.2 Å². The Labute approximate surface area is 137 Å². The van der Waals surface area contributed by atoms with Crippen LogP contribution < -0.4 is 10.1 Å². The van der Waals surface area contributed by atoms with Gasteiger partial charge in [0.1, 0.15) is 12.4 Å². The van der Waals surface area contributed by atoms with Crippen LogP contribution in [0.1, 0.15) is 20.3 Å². The summed E-state index contributed by atoms with van der Waals surface area (Å²) in [4.78, 5) is 11.1. The third-order valence-electron chi connectivity index (χ3n) is 3.48. The van der Waals surface area contributed by atoms with Gasteiger partial charge in [0, 0.05) is 36.8 Å². The number of nitrogens with zero attached hydrogens (tertiary/aromatic N) is 3. The fourth-order valence-electron chi connectivity index (χ4n) is 2.33. The first-order valence-corrected chi connectivity index (χ1v) is 9.06. The molecule has 1 fully saturated rings. The zero-order valence-corrected chi connectivity index (χ0v) is 14.3. The number of nitrogens with one attached hydrogen (secondary N) is 1. The Bertz CT molecular complexity index is 455. The number of aromatic nitrogens is 1. The number of hydrogen-bond acceptors (Lipinski definition) is 4. The summed E-state index contributed by atoms with van der Waals surface area (Å²) in [5.74, 6) is 2.98. The van der Waals surface area contributed by atoms with E-state index in [1.807, 2.05) is 12.1 Å². The van der Waals surface area contributed by atoms with E-state index < -0.39 is 0 Å². The summed E-state index contributed by atoms with van der Waals surface area (Å²) < 4.78 is 5.64. The maximum absolute atomic E-state index is 5.64. The van der Waals surface area contributed by atoms with E-state index in [0.717, 1.165) is 31.3 Å². The molecule has 0 saturated carbocycles. The normalized spacial score (nSPS) is 19.1. The Kier molecular flexibility index (Phi) is 7.36. The van der Waals surface area contributed by atoms with Gasteiger partial charge in [-0.3, -0.25) is 4.98 Å².